The molecular weight excluding hydrogens is 390 g/mol. The standard InChI is InChI=1S/C26H19NO4.H/c1-27(2)16-8-11-21-23(14-16)31-25-18-12-9-17(28)13-15(18)7-10-22(25)24(21)19-5-3-4-6-20(19)26(29)30;/h3-14H,1-2H3,(H,29,30);/q;-1/i;1+1. The van der Waals surface area contributed by atoms with Crippen LogP contribution < -0.4 is 10.3 Å². The summed E-state index contributed by atoms with van der Waals surface area (Å²) in [6.45, 7) is 0. The minimum atomic E-state index is -0.987. The van der Waals surface area contributed by atoms with Crippen LogP contribution in [0.4, 0.5) is 5.69 Å². The van der Waals surface area contributed by atoms with Gasteiger partial charge in [-0.05, 0) is 53.4 Å². The Morgan fingerprint density at radius 3 is 2.42 bits per heavy atom. The molecule has 0 spiro atoms. The molecule has 0 radical (unpaired) electrons. The van der Waals surface area contributed by atoms with E-state index in [1.165, 1.54) is 6.07 Å². The molecule has 1 heterocycles. The Hall–Kier alpha value is -4.12. The maximum absolute atomic E-state index is 12.0. The number of rotatable bonds is 3. The summed E-state index contributed by atoms with van der Waals surface area (Å²) in [5.74, 6) is -0.987. The van der Waals surface area contributed by atoms with Crippen LogP contribution in [-0.4, -0.2) is 25.2 Å². The van der Waals surface area contributed by atoms with E-state index < -0.39 is 5.97 Å². The molecule has 0 bridgehead atoms. The van der Waals surface area contributed by atoms with E-state index >= 15 is 0 Å². The summed E-state index contributed by atoms with van der Waals surface area (Å²) in [6.07, 6.45) is 0. The smallest absolute Gasteiger partial charge is 0.336 e. The first-order valence-electron chi connectivity index (χ1n) is 9.87. The van der Waals surface area contributed by atoms with Crippen molar-refractivity contribution in [2.75, 3.05) is 19.0 Å². The van der Waals surface area contributed by atoms with Gasteiger partial charge in [0.2, 0.25) is 0 Å². The van der Waals surface area contributed by atoms with Gasteiger partial charge in [-0.15, -0.1) is 0 Å². The van der Waals surface area contributed by atoms with Gasteiger partial charge >= 0.3 is 5.97 Å². The Kier molecular flexibility index (Phi) is 4.26. The molecule has 0 amide bonds. The van der Waals surface area contributed by atoms with E-state index in [-0.39, 0.29) is 12.4 Å². The van der Waals surface area contributed by atoms with E-state index in [4.69, 9.17) is 4.42 Å². The van der Waals surface area contributed by atoms with Gasteiger partial charge in [0.05, 0.1) is 5.56 Å². The number of carboxylic acid groups (broad SMARTS) is 1. The molecule has 4 aromatic carbocycles. The number of fused-ring (bicyclic) bond motifs is 4. The van der Waals surface area contributed by atoms with Crippen molar-refractivity contribution in [3.05, 3.63) is 88.6 Å². The van der Waals surface area contributed by atoms with E-state index in [0.717, 1.165) is 32.8 Å². The molecule has 0 saturated heterocycles. The highest BCUT2D eigenvalue weighted by molar-refractivity contribution is 6.17. The van der Waals surface area contributed by atoms with Crippen molar-refractivity contribution < 1.29 is 15.7 Å². The normalized spacial score (nSPS) is 11.3. The van der Waals surface area contributed by atoms with E-state index in [1.54, 1.807) is 24.3 Å². The predicted octanol–water partition coefficient (Wildman–Crippen LogP) is 5.64. The molecule has 5 rings (SSSR count). The number of carbonyl (C=O) groups is 1. The van der Waals surface area contributed by atoms with Gasteiger partial charge in [-0.25, -0.2) is 4.79 Å². The van der Waals surface area contributed by atoms with Crippen molar-refractivity contribution in [3.8, 4) is 11.1 Å². The van der Waals surface area contributed by atoms with Gasteiger partial charge < -0.3 is 15.9 Å². The Labute approximate surface area is 179 Å². The highest BCUT2D eigenvalue weighted by atomic mass is 16.4. The monoisotopic (exact) mass is 411 g/mol. The fraction of sp³-hybridized carbons (Fsp3) is 0.0769. The first kappa shape index (κ1) is 18.9. The van der Waals surface area contributed by atoms with Gasteiger partial charge in [-0.3, -0.25) is 4.79 Å². The lowest BCUT2D eigenvalue weighted by atomic mass is 9.92. The van der Waals surface area contributed by atoms with Crippen molar-refractivity contribution >= 4 is 44.4 Å². The molecule has 0 saturated carbocycles. The predicted molar refractivity (Wildman–Crippen MR) is 125 cm³/mol. The molecule has 1 aromatic heterocycles. The fourth-order valence-corrected chi connectivity index (χ4v) is 4.10. The van der Waals surface area contributed by atoms with Crippen molar-refractivity contribution in [2.45, 2.75) is 0 Å². The minimum Gasteiger partial charge on any atom is -1.00 e. The molecule has 5 nitrogen and oxygen atoms in total. The van der Waals surface area contributed by atoms with Crippen molar-refractivity contribution in [2.24, 2.45) is 0 Å². The highest BCUT2D eigenvalue weighted by Gasteiger charge is 2.19. The number of hydrogen-bond acceptors (Lipinski definition) is 4. The lowest BCUT2D eigenvalue weighted by Crippen LogP contribution is -2.08. The third-order valence-electron chi connectivity index (χ3n) is 5.60. The summed E-state index contributed by atoms with van der Waals surface area (Å²) in [6, 6.07) is 21.5. The van der Waals surface area contributed by atoms with Crippen LogP contribution in [0.15, 0.2) is 82.0 Å². The molecule has 0 atom stereocenters. The molecule has 0 unspecified atom stereocenters. The average Bonchev–Trinajstić information content (AvgIpc) is 2.76. The summed E-state index contributed by atoms with van der Waals surface area (Å²) in [4.78, 5) is 25.8. The molecule has 0 fully saturated rings. The van der Waals surface area contributed by atoms with Crippen LogP contribution >= 0.6 is 0 Å². The summed E-state index contributed by atoms with van der Waals surface area (Å²) in [5, 5.41) is 13.0. The van der Waals surface area contributed by atoms with Crippen molar-refractivity contribution in [3.63, 3.8) is 0 Å². The van der Waals surface area contributed by atoms with Crippen molar-refractivity contribution in [1.29, 1.82) is 0 Å². The second-order valence-electron chi connectivity index (χ2n) is 7.73. The van der Waals surface area contributed by atoms with Crippen LogP contribution in [0.2, 0.25) is 0 Å². The number of anilines is 1. The van der Waals surface area contributed by atoms with E-state index in [0.29, 0.717) is 16.7 Å². The number of hydrogen-bond donors (Lipinski definition) is 1. The molecule has 31 heavy (non-hydrogen) atoms. The van der Waals surface area contributed by atoms with Gasteiger partial charge in [0, 0.05) is 47.6 Å². The molecule has 0 aliphatic rings. The third-order valence-corrected chi connectivity index (χ3v) is 5.60. The van der Waals surface area contributed by atoms with Crippen LogP contribution in [-0.2, 0) is 0 Å². The highest BCUT2D eigenvalue weighted by Crippen LogP contribution is 2.41. The van der Waals surface area contributed by atoms with Gasteiger partial charge in [0.1, 0.15) is 11.2 Å². The molecule has 1 N–H and O–H groups in total. The van der Waals surface area contributed by atoms with Crippen LogP contribution in [0.5, 0.6) is 0 Å². The second-order valence-corrected chi connectivity index (χ2v) is 7.73. The Morgan fingerprint density at radius 2 is 1.65 bits per heavy atom. The lowest BCUT2D eigenvalue weighted by Gasteiger charge is -2.17. The first-order valence-corrected chi connectivity index (χ1v) is 9.87. The maximum atomic E-state index is 12.0. The van der Waals surface area contributed by atoms with Gasteiger partial charge in [-0.1, -0.05) is 24.3 Å². The number of nitrogens with zero attached hydrogens (tertiary/aromatic N) is 1. The van der Waals surface area contributed by atoms with Crippen LogP contribution in [0.1, 0.15) is 11.8 Å². The van der Waals surface area contributed by atoms with Crippen molar-refractivity contribution in [1.82, 2.24) is 0 Å². The topological polar surface area (TPSA) is 70.8 Å². The summed E-state index contributed by atoms with van der Waals surface area (Å²) in [7, 11) is 3.90. The quantitative estimate of drug-likeness (QED) is 0.307. The number of aromatic carboxylic acids is 1. The zero-order valence-electron chi connectivity index (χ0n) is 18.0. The van der Waals surface area contributed by atoms with Crippen LogP contribution in [0.25, 0.3) is 43.8 Å². The number of carboxylic acids is 1. The third kappa shape index (κ3) is 3.02. The average molecular weight is 411 g/mol. The zero-order chi connectivity index (χ0) is 21.7. The largest absolute Gasteiger partial charge is 1.00 e. The second kappa shape index (κ2) is 6.99. The Morgan fingerprint density at radius 1 is 0.903 bits per heavy atom. The summed E-state index contributed by atoms with van der Waals surface area (Å²) < 4.78 is 6.38. The van der Waals surface area contributed by atoms with Gasteiger partial charge in [-0.2, -0.15) is 0 Å². The summed E-state index contributed by atoms with van der Waals surface area (Å²) >= 11 is 0. The minimum absolute atomic E-state index is 0. The van der Waals surface area contributed by atoms with E-state index in [2.05, 4.69) is 0 Å². The molecule has 0 aliphatic carbocycles. The van der Waals surface area contributed by atoms with E-state index in [1.807, 2.05) is 61.5 Å². The molecule has 0 aliphatic heterocycles. The first-order chi connectivity index (χ1) is 14.9. The van der Waals surface area contributed by atoms with Gasteiger partial charge in [0.15, 0.2) is 5.43 Å². The molecule has 5 aromatic rings. The summed E-state index contributed by atoms with van der Waals surface area (Å²) in [5.41, 5.74) is 3.81. The number of benzene rings is 4. The lowest BCUT2D eigenvalue weighted by molar-refractivity contribution is 0.0697. The SMILES string of the molecule is CN(C)c1ccc2c(-c3ccccc3C(=O)O)c3ccc4cc(=O)ccc4c3oc2c1.[2H-]. The van der Waals surface area contributed by atoms with Gasteiger partial charge in [0.25, 0.3) is 0 Å². The molecule has 154 valence electrons. The Bertz CT molecular complexity index is 1570. The molecule has 5 heteroatoms. The zero-order valence-corrected chi connectivity index (χ0v) is 17.0. The molecular formula is C26H20NO4-. The van der Waals surface area contributed by atoms with Crippen LogP contribution in [0, 0.1) is 0 Å². The van der Waals surface area contributed by atoms with E-state index in [9.17, 15) is 14.7 Å². The fourth-order valence-electron chi connectivity index (χ4n) is 4.10. The maximum Gasteiger partial charge on any atom is 0.336 e. The van der Waals surface area contributed by atoms with Crippen LogP contribution in [0.3, 0.4) is 0 Å². The Balaban J connectivity index is 0.00000245.